The van der Waals surface area contributed by atoms with Crippen LogP contribution in [0.4, 0.5) is 60.1 Å². The largest absolute Gasteiger partial charge is 0.421 e. The molecule has 0 radical (unpaired) electrons. The van der Waals surface area contributed by atoms with E-state index in [1.54, 1.807) is 112 Å². The van der Waals surface area contributed by atoms with E-state index < -0.39 is 35.5 Å². The molecule has 4 atom stereocenters. The Morgan fingerprint density at radius 3 is 1.05 bits per heavy atom. The van der Waals surface area contributed by atoms with E-state index in [0.29, 0.717) is 99.4 Å². The number of aromatic nitrogens is 12. The fourth-order valence-corrected chi connectivity index (χ4v) is 14.9. The number of para-hydroxylation sites is 4. The monoisotopic (exact) mass is 1730 g/mol. The number of rotatable bonds is 17. The highest BCUT2D eigenvalue weighted by Crippen LogP contribution is 2.38. The van der Waals surface area contributed by atoms with Crippen LogP contribution in [-0.2, 0) is 6.18 Å². The number of alkyl halides is 3. The van der Waals surface area contributed by atoms with Gasteiger partial charge in [0.1, 0.15) is 46.3 Å². The minimum Gasteiger partial charge on any atom is -0.383 e. The lowest BCUT2D eigenvalue weighted by atomic mass is 10.1. The summed E-state index contributed by atoms with van der Waals surface area (Å²) in [6, 6.07) is 67.0. The number of nitrogens with one attached hydrogen (secondary N) is 4. The highest BCUT2D eigenvalue weighted by molar-refractivity contribution is 6.37. The van der Waals surface area contributed by atoms with Gasteiger partial charge in [-0.3, -0.25) is 42.2 Å². The molecule has 14 N–H and O–H groups in total. The number of fused-ring (bicyclic) bond motifs is 4. The molecule has 614 valence electrons. The number of nitrogen functional groups attached to an aromatic ring is 4. The summed E-state index contributed by atoms with van der Waals surface area (Å²) in [5.41, 5.74) is 31.5. The van der Waals surface area contributed by atoms with Gasteiger partial charge in [-0.2, -0.15) is 33.4 Å². The van der Waals surface area contributed by atoms with Gasteiger partial charge in [0.05, 0.1) is 77.6 Å². The zero-order chi connectivity index (χ0) is 87.0. The number of nitrogens with two attached hydrogens (primary N) is 5. The van der Waals surface area contributed by atoms with Crippen LogP contribution in [0.1, 0.15) is 96.1 Å². The number of benzene rings is 8. The fourth-order valence-electron chi connectivity index (χ4n) is 13.6. The molecule has 0 bridgehead atoms. The van der Waals surface area contributed by atoms with E-state index in [1.807, 2.05) is 160 Å². The van der Waals surface area contributed by atoms with Gasteiger partial charge in [0, 0.05) is 64.0 Å². The zero-order valence-corrected chi connectivity index (χ0v) is 68.4. The van der Waals surface area contributed by atoms with Crippen LogP contribution in [0.25, 0.3) is 65.8 Å². The lowest BCUT2D eigenvalue weighted by molar-refractivity contribution is -0.137. The number of primary amides is 1. The van der Waals surface area contributed by atoms with Crippen LogP contribution in [0.3, 0.4) is 0 Å². The van der Waals surface area contributed by atoms with E-state index in [1.165, 1.54) is 17.0 Å². The molecule has 8 heterocycles. The van der Waals surface area contributed by atoms with Crippen molar-refractivity contribution in [1.29, 1.82) is 5.26 Å². The Kier molecular flexibility index (Phi) is 25.8. The second kappa shape index (κ2) is 36.8. The summed E-state index contributed by atoms with van der Waals surface area (Å²) in [4.78, 5) is 96.7. The van der Waals surface area contributed by atoms with Gasteiger partial charge >= 0.3 is 6.18 Å². The maximum atomic E-state index is 13.5. The summed E-state index contributed by atoms with van der Waals surface area (Å²) in [7, 11) is 0. The van der Waals surface area contributed by atoms with Gasteiger partial charge in [-0.25, -0.2) is 24.9 Å². The Hall–Kier alpha value is -14.5. The molecule has 0 aliphatic rings. The van der Waals surface area contributed by atoms with Crippen molar-refractivity contribution in [2.24, 2.45) is 5.73 Å². The van der Waals surface area contributed by atoms with E-state index in [2.05, 4.69) is 61.1 Å². The summed E-state index contributed by atoms with van der Waals surface area (Å²) < 4.78 is 46.7. The Labute approximate surface area is 716 Å². The predicted molar refractivity (Wildman–Crippen MR) is 475 cm³/mol. The average Bonchev–Trinajstić information content (AvgIpc) is 0.772. The van der Waals surface area contributed by atoms with Crippen molar-refractivity contribution in [3.63, 3.8) is 0 Å². The minimum atomic E-state index is -4.69. The summed E-state index contributed by atoms with van der Waals surface area (Å²) in [6.45, 7) is 7.28. The molecular formula is C87H70Cl5F3N22O5. The van der Waals surface area contributed by atoms with Crippen LogP contribution >= 0.6 is 58.0 Å². The Morgan fingerprint density at radius 2 is 0.713 bits per heavy atom. The van der Waals surface area contributed by atoms with Gasteiger partial charge in [0.2, 0.25) is 23.1 Å². The van der Waals surface area contributed by atoms with Crippen LogP contribution in [0, 0.1) is 11.3 Å². The van der Waals surface area contributed by atoms with Crippen molar-refractivity contribution >= 4 is 154 Å². The van der Waals surface area contributed by atoms with Gasteiger partial charge < -0.3 is 49.9 Å². The molecule has 8 aromatic heterocycles. The summed E-state index contributed by atoms with van der Waals surface area (Å²) in [5.74, 6) is -0.227. The van der Waals surface area contributed by atoms with Crippen molar-refractivity contribution in [2.75, 3.05) is 44.2 Å². The fraction of sp³-hybridized carbons (Fsp3) is 0.103. The summed E-state index contributed by atoms with van der Waals surface area (Å²) >= 11 is 31.2. The number of carbonyl (C=O) groups excluding carboxylic acids is 1. The second-order valence-corrected chi connectivity index (χ2v) is 29.3. The van der Waals surface area contributed by atoms with E-state index >= 15 is 0 Å². The number of pyridine rings is 4. The van der Waals surface area contributed by atoms with Crippen molar-refractivity contribution in [1.82, 2.24) is 58.1 Å². The van der Waals surface area contributed by atoms with Crippen molar-refractivity contribution < 1.29 is 18.0 Å². The van der Waals surface area contributed by atoms with E-state index in [4.69, 9.17) is 86.7 Å². The molecule has 16 rings (SSSR count). The predicted octanol–water partition coefficient (Wildman–Crippen LogP) is 17.4. The normalized spacial score (nSPS) is 12.1. The molecule has 0 saturated heterocycles. The molecule has 0 saturated carbocycles. The van der Waals surface area contributed by atoms with Gasteiger partial charge in [-0.1, -0.05) is 168 Å². The number of anilines is 8. The van der Waals surface area contributed by atoms with Gasteiger partial charge in [0.15, 0.2) is 0 Å². The maximum absolute atomic E-state index is 13.5. The van der Waals surface area contributed by atoms with E-state index in [-0.39, 0.29) is 85.2 Å². The third-order valence-corrected chi connectivity index (χ3v) is 20.6. The standard InChI is InChI=1S/C22H17ClF3N5O.C22H19ClN6O2.C22H17ClN6O.C21H17Cl2N5O/c1-12(29-19-15(22(24,25)26)11-28-21(27)30-19)17-10-13-6-5-9-16(23)18(13)20(32)31(17)14-7-3-2-4-8-14;1-12(27-20-15(19(24)30)11-26-22(25)28-20)17-10-13-6-5-9-16(23)18(13)21(31)29(17)14-7-3-2-4-8-14;1-13(27-20-15(11-24)12-26-22(25)28-20)18-10-14-6-5-9-17(23)19(14)21(30)29(18)16-7-3-2-4-8-16;1-12(25-18-11-17(24)26-21(23)27-18)16-10-13-6-5-9-15(22)19(13)20(29)28(16)14-7-3-2-4-8-14/h2-12H,1H3,(H3,27,28,29,30);2-12H,1H3,(H2,24,30)(H3,25,26,27,28);2-10,12-13H,1H3,(H3,25,26,27,28);2-12H,1H3,(H3,24,25,26,27)/t2*12-;13-;12-/m0000/s1. The molecule has 122 heavy (non-hydrogen) atoms. The number of nitrogens with zero attached hydrogens (tertiary/aromatic N) is 13. The van der Waals surface area contributed by atoms with E-state index in [9.17, 15) is 42.4 Å². The van der Waals surface area contributed by atoms with Crippen LogP contribution < -0.4 is 72.2 Å². The highest BCUT2D eigenvalue weighted by Gasteiger charge is 2.36. The third-order valence-electron chi connectivity index (χ3n) is 19.2. The van der Waals surface area contributed by atoms with Gasteiger partial charge in [-0.05, 0) is 158 Å². The molecule has 16 aromatic rings. The van der Waals surface area contributed by atoms with Crippen LogP contribution in [-0.4, -0.2) is 64.0 Å². The lowest BCUT2D eigenvalue weighted by Gasteiger charge is -2.23. The molecule has 0 spiro atoms. The van der Waals surface area contributed by atoms with E-state index in [0.717, 1.165) is 22.2 Å². The maximum Gasteiger partial charge on any atom is 0.421 e. The number of amides is 1. The smallest absolute Gasteiger partial charge is 0.383 e. The Morgan fingerprint density at radius 1 is 0.402 bits per heavy atom. The Balaban J connectivity index is 0.000000140. The minimum absolute atomic E-state index is 0.00885. The van der Waals surface area contributed by atoms with Crippen molar-refractivity contribution in [3.05, 3.63) is 349 Å². The average molecular weight is 1740 g/mol. The summed E-state index contributed by atoms with van der Waals surface area (Å²) in [6.07, 6.45) is -1.43. The molecule has 27 nitrogen and oxygen atoms in total. The molecule has 1 amide bonds. The van der Waals surface area contributed by atoms with Gasteiger partial charge in [-0.15, -0.1) is 0 Å². The first-order valence-electron chi connectivity index (χ1n) is 37.1. The number of hydrogen-bond donors (Lipinski definition) is 9. The molecule has 0 aliphatic heterocycles. The molecule has 35 heteroatoms. The number of carbonyl (C=O) groups is 1. The quantitative estimate of drug-likeness (QED) is 0.0382. The van der Waals surface area contributed by atoms with Crippen LogP contribution in [0.2, 0.25) is 25.4 Å². The zero-order valence-electron chi connectivity index (χ0n) is 64.7. The first-order chi connectivity index (χ1) is 58.5. The second-order valence-electron chi connectivity index (χ2n) is 27.4. The molecule has 0 aliphatic carbocycles. The molecule has 0 unspecified atom stereocenters. The molecular weight excluding hydrogens is 1670 g/mol. The third kappa shape index (κ3) is 18.7. The summed E-state index contributed by atoms with van der Waals surface area (Å²) in [5, 5.41) is 27.6. The van der Waals surface area contributed by atoms with Crippen LogP contribution in [0.5, 0.6) is 0 Å². The molecule has 8 aromatic carbocycles. The first-order valence-corrected chi connectivity index (χ1v) is 38.9. The SMILES string of the molecule is C[C@H](Nc1cc(N)nc(Cl)n1)c1cc2cccc(Cl)c2c(=O)n1-c1ccccc1.C[C@H](Nc1nc(N)ncc1C#N)c1cc2cccc(Cl)c2c(=O)n1-c1ccccc1.C[C@H](Nc1nc(N)ncc1C(F)(F)F)c1cc2cccc(Cl)c2c(=O)n1-c1ccccc1.C[C@H](Nc1nc(N)ncc1C(N)=O)c1cc2cccc(Cl)c2c(=O)n1-c1ccccc1. The number of hydrogen-bond acceptors (Lipinski definition) is 22. The highest BCUT2D eigenvalue weighted by atomic mass is 35.5. The van der Waals surface area contributed by atoms with Crippen molar-refractivity contribution in [3.8, 4) is 28.8 Å². The first kappa shape index (κ1) is 85.4. The number of nitriles is 1. The van der Waals surface area contributed by atoms with Crippen molar-refractivity contribution in [2.45, 2.75) is 58.0 Å². The molecule has 0 fully saturated rings. The lowest BCUT2D eigenvalue weighted by Crippen LogP contribution is -2.26. The Bertz CT molecular complexity index is 6950. The topological polar surface area (TPSA) is 410 Å². The van der Waals surface area contributed by atoms with Gasteiger partial charge in [0.25, 0.3) is 28.1 Å². The number of halogens is 8. The van der Waals surface area contributed by atoms with Crippen LogP contribution in [0.15, 0.2) is 262 Å².